The third kappa shape index (κ3) is 2.46. The fraction of sp³-hybridized carbons (Fsp3) is 0.400. The zero-order chi connectivity index (χ0) is 10.7. The zero-order valence-electron chi connectivity index (χ0n) is 8.15. The van der Waals surface area contributed by atoms with Crippen LogP contribution in [-0.4, -0.2) is 22.6 Å². The summed E-state index contributed by atoms with van der Waals surface area (Å²) >= 11 is 5.70. The van der Waals surface area contributed by atoms with Crippen molar-refractivity contribution in [2.45, 2.75) is 12.8 Å². The molecular weight excluding hydrogens is 214 g/mol. The number of hydrogen-bond acceptors (Lipinski definition) is 4. The summed E-state index contributed by atoms with van der Waals surface area (Å²) in [5, 5.41) is 9.34. The molecule has 0 spiro atoms. The molecule has 4 nitrogen and oxygen atoms in total. The van der Waals surface area contributed by atoms with E-state index >= 15 is 0 Å². The Bertz CT molecular complexity index is 363. The molecule has 5 heteroatoms. The molecule has 1 aromatic rings. The van der Waals surface area contributed by atoms with Crippen molar-refractivity contribution in [3.05, 3.63) is 29.0 Å². The average molecular weight is 226 g/mol. The Balaban J connectivity index is 2.03. The molecule has 0 saturated carbocycles. The molecule has 1 aliphatic rings. The molecule has 2 N–H and O–H groups in total. The molecule has 1 atom stereocenters. The van der Waals surface area contributed by atoms with E-state index in [4.69, 9.17) is 16.8 Å². The molecule has 1 aromatic heterocycles. The smallest absolute Gasteiger partial charge is 0.129 e. The van der Waals surface area contributed by atoms with Gasteiger partial charge in [-0.2, -0.15) is 0 Å². The van der Waals surface area contributed by atoms with Crippen LogP contribution in [0.25, 0.3) is 0 Å². The monoisotopic (exact) mass is 225 g/mol. The molecule has 0 unspecified atom stereocenters. The number of aromatic nitrogens is 1. The highest BCUT2D eigenvalue weighted by Crippen LogP contribution is 2.18. The Hall–Kier alpha value is -1.13. The quantitative estimate of drug-likeness (QED) is 0.595. The summed E-state index contributed by atoms with van der Waals surface area (Å²) in [6, 6.07) is 3.72. The van der Waals surface area contributed by atoms with Gasteiger partial charge in [0, 0.05) is 18.7 Å². The summed E-state index contributed by atoms with van der Waals surface area (Å²) in [5.41, 5.74) is 3.25. The third-order valence-electron chi connectivity index (χ3n) is 2.53. The minimum Gasteiger partial charge on any atom is -0.290 e. The van der Waals surface area contributed by atoms with Crippen LogP contribution in [0.3, 0.4) is 0 Å². The number of pyridine rings is 1. The van der Waals surface area contributed by atoms with E-state index in [1.165, 1.54) is 0 Å². The van der Waals surface area contributed by atoms with Crippen LogP contribution in [0.1, 0.15) is 12.0 Å². The van der Waals surface area contributed by atoms with Crippen LogP contribution in [0.15, 0.2) is 23.3 Å². The Morgan fingerprint density at radius 1 is 1.53 bits per heavy atom. The number of halogens is 1. The maximum Gasteiger partial charge on any atom is 0.129 e. The predicted octanol–water partition coefficient (Wildman–Crippen LogP) is 1.67. The van der Waals surface area contributed by atoms with Crippen molar-refractivity contribution in [1.29, 1.82) is 0 Å². The molecule has 2 heterocycles. The van der Waals surface area contributed by atoms with E-state index in [2.05, 4.69) is 15.5 Å². The molecule has 1 aliphatic heterocycles. The summed E-state index contributed by atoms with van der Waals surface area (Å²) in [6.07, 6.45) is 3.55. The first-order valence-electron chi connectivity index (χ1n) is 4.84. The van der Waals surface area contributed by atoms with Gasteiger partial charge in [0.2, 0.25) is 0 Å². The third-order valence-corrected chi connectivity index (χ3v) is 2.76. The van der Waals surface area contributed by atoms with Gasteiger partial charge in [0.05, 0.1) is 0 Å². The number of hydroxylamine groups is 1. The lowest BCUT2D eigenvalue weighted by molar-refractivity contribution is 0.228. The predicted molar refractivity (Wildman–Crippen MR) is 58.3 cm³/mol. The number of nitrogens with zero attached hydrogens (tertiary/aromatic N) is 2. The van der Waals surface area contributed by atoms with Crippen molar-refractivity contribution >= 4 is 17.4 Å². The second-order valence-corrected chi connectivity index (χ2v) is 3.94. The molecule has 0 saturated heterocycles. The highest BCUT2D eigenvalue weighted by molar-refractivity contribution is 6.29. The van der Waals surface area contributed by atoms with Crippen LogP contribution < -0.4 is 5.48 Å². The molecule has 0 amide bonds. The molecule has 0 fully saturated rings. The summed E-state index contributed by atoms with van der Waals surface area (Å²) in [7, 11) is 0. The minimum atomic E-state index is 0.262. The van der Waals surface area contributed by atoms with E-state index in [0.717, 1.165) is 24.9 Å². The van der Waals surface area contributed by atoms with Crippen molar-refractivity contribution in [2.75, 3.05) is 6.54 Å². The maximum atomic E-state index is 8.84. The van der Waals surface area contributed by atoms with Crippen molar-refractivity contribution in [1.82, 2.24) is 10.5 Å². The minimum absolute atomic E-state index is 0.262. The fourth-order valence-electron chi connectivity index (χ4n) is 1.74. The summed E-state index contributed by atoms with van der Waals surface area (Å²) in [4.78, 5) is 8.17. The molecular formula is C10H12ClN3O. The van der Waals surface area contributed by atoms with Gasteiger partial charge in [-0.05, 0) is 24.5 Å². The number of rotatable bonds is 2. The first kappa shape index (κ1) is 10.4. The highest BCUT2D eigenvalue weighted by Gasteiger charge is 2.20. The van der Waals surface area contributed by atoms with Crippen LogP contribution in [0.5, 0.6) is 0 Å². The first-order valence-corrected chi connectivity index (χ1v) is 5.22. The number of hydrogen-bond donors (Lipinski definition) is 2. The molecule has 0 bridgehead atoms. The van der Waals surface area contributed by atoms with E-state index < -0.39 is 0 Å². The lowest BCUT2D eigenvalue weighted by Crippen LogP contribution is -2.26. The van der Waals surface area contributed by atoms with E-state index in [-0.39, 0.29) is 5.92 Å². The van der Waals surface area contributed by atoms with Crippen LogP contribution in [-0.2, 0) is 6.42 Å². The summed E-state index contributed by atoms with van der Waals surface area (Å²) in [5.74, 6) is 0.933. The largest absolute Gasteiger partial charge is 0.290 e. The normalized spacial score (nSPS) is 20.1. The van der Waals surface area contributed by atoms with Gasteiger partial charge >= 0.3 is 0 Å². The van der Waals surface area contributed by atoms with Gasteiger partial charge < -0.3 is 0 Å². The van der Waals surface area contributed by atoms with Crippen molar-refractivity contribution in [3.63, 3.8) is 0 Å². The van der Waals surface area contributed by atoms with Crippen LogP contribution in [0.2, 0.25) is 5.15 Å². The molecule has 2 rings (SSSR count). The molecule has 0 radical (unpaired) electrons. The Morgan fingerprint density at radius 2 is 2.40 bits per heavy atom. The van der Waals surface area contributed by atoms with Crippen LogP contribution in [0, 0.1) is 5.92 Å². The van der Waals surface area contributed by atoms with Crippen molar-refractivity contribution in [3.8, 4) is 0 Å². The van der Waals surface area contributed by atoms with Crippen LogP contribution >= 0.6 is 11.6 Å². The van der Waals surface area contributed by atoms with Gasteiger partial charge in [-0.25, -0.2) is 4.98 Å². The maximum absolute atomic E-state index is 8.84. The van der Waals surface area contributed by atoms with E-state index in [1.54, 1.807) is 12.3 Å². The Kier molecular flexibility index (Phi) is 3.18. The molecule has 80 valence electrons. The average Bonchev–Trinajstić information content (AvgIpc) is 2.69. The van der Waals surface area contributed by atoms with E-state index in [1.807, 2.05) is 6.07 Å². The standard InChI is InChI=1S/C10H12ClN3O/c11-9-2-1-7(6-13-9)5-8-3-4-12-10(8)14-15/h1-2,6,8,15H,3-5H2,(H,12,14)/t8-/m0/s1. The van der Waals surface area contributed by atoms with Gasteiger partial charge in [-0.3, -0.25) is 15.7 Å². The van der Waals surface area contributed by atoms with Crippen molar-refractivity contribution < 1.29 is 5.21 Å². The Labute approximate surface area is 93.0 Å². The van der Waals surface area contributed by atoms with Crippen molar-refractivity contribution in [2.24, 2.45) is 10.9 Å². The first-order chi connectivity index (χ1) is 7.29. The van der Waals surface area contributed by atoms with Gasteiger partial charge in [-0.1, -0.05) is 17.7 Å². The lowest BCUT2D eigenvalue weighted by atomic mass is 9.98. The van der Waals surface area contributed by atoms with Crippen LogP contribution in [0.4, 0.5) is 0 Å². The summed E-state index contributed by atoms with van der Waals surface area (Å²) in [6.45, 7) is 0.772. The van der Waals surface area contributed by atoms with E-state index in [9.17, 15) is 0 Å². The topological polar surface area (TPSA) is 57.5 Å². The second-order valence-electron chi connectivity index (χ2n) is 3.56. The van der Waals surface area contributed by atoms with Gasteiger partial charge in [0.1, 0.15) is 11.0 Å². The number of nitrogens with one attached hydrogen (secondary N) is 1. The SMILES string of the molecule is ONC1=NCC[C@H]1Cc1ccc(Cl)nc1. The number of amidine groups is 1. The Morgan fingerprint density at radius 3 is 3.07 bits per heavy atom. The highest BCUT2D eigenvalue weighted by atomic mass is 35.5. The van der Waals surface area contributed by atoms with Gasteiger partial charge in [0.15, 0.2) is 0 Å². The summed E-state index contributed by atoms with van der Waals surface area (Å²) < 4.78 is 0. The molecule has 0 aliphatic carbocycles. The van der Waals surface area contributed by atoms with Gasteiger partial charge in [-0.15, -0.1) is 0 Å². The van der Waals surface area contributed by atoms with E-state index in [0.29, 0.717) is 11.0 Å². The molecule has 0 aromatic carbocycles. The second kappa shape index (κ2) is 4.59. The zero-order valence-corrected chi connectivity index (χ0v) is 8.91. The number of aliphatic imine (C=N–C) groups is 1. The van der Waals surface area contributed by atoms with Gasteiger partial charge in [0.25, 0.3) is 0 Å². The lowest BCUT2D eigenvalue weighted by Gasteiger charge is -2.11. The fourth-order valence-corrected chi connectivity index (χ4v) is 1.86. The molecule has 15 heavy (non-hydrogen) atoms.